The van der Waals surface area contributed by atoms with Gasteiger partial charge >= 0.3 is 12.2 Å². The number of amides is 3. The van der Waals surface area contributed by atoms with Crippen molar-refractivity contribution in [1.82, 2.24) is 10.2 Å². The standard InChI is InChI=1S/C15H19F4N3O2/c1-9(2)13(23)20-6-7-22(3)14(24)21-10-4-5-12(16)11(8-10)15(17,18)19/h4-5,8-9H,6-7H2,1-3H3,(H,20,23)(H,21,24). The summed E-state index contributed by atoms with van der Waals surface area (Å²) in [7, 11) is 1.42. The maximum Gasteiger partial charge on any atom is 0.419 e. The minimum absolute atomic E-state index is 0.164. The van der Waals surface area contributed by atoms with E-state index in [9.17, 15) is 27.2 Å². The van der Waals surface area contributed by atoms with Gasteiger partial charge in [-0.1, -0.05) is 13.8 Å². The first-order chi connectivity index (χ1) is 11.0. The second-order valence-corrected chi connectivity index (χ2v) is 5.49. The van der Waals surface area contributed by atoms with Crippen LogP contribution in [0.1, 0.15) is 19.4 Å². The lowest BCUT2D eigenvalue weighted by Crippen LogP contribution is -2.39. The lowest BCUT2D eigenvalue weighted by Gasteiger charge is -2.19. The average molecular weight is 349 g/mol. The van der Waals surface area contributed by atoms with Crippen LogP contribution in [0.25, 0.3) is 0 Å². The minimum Gasteiger partial charge on any atom is -0.354 e. The lowest BCUT2D eigenvalue weighted by molar-refractivity contribution is -0.140. The molecule has 0 aromatic heterocycles. The molecule has 0 spiro atoms. The molecular weight excluding hydrogens is 330 g/mol. The van der Waals surface area contributed by atoms with Gasteiger partial charge in [-0.15, -0.1) is 0 Å². The fourth-order valence-electron chi connectivity index (χ4n) is 1.69. The van der Waals surface area contributed by atoms with Crippen molar-refractivity contribution in [3.63, 3.8) is 0 Å². The second-order valence-electron chi connectivity index (χ2n) is 5.49. The Morgan fingerprint density at radius 3 is 2.42 bits per heavy atom. The van der Waals surface area contributed by atoms with Crippen LogP contribution >= 0.6 is 0 Å². The van der Waals surface area contributed by atoms with Gasteiger partial charge in [-0.3, -0.25) is 4.79 Å². The van der Waals surface area contributed by atoms with E-state index in [0.717, 1.165) is 6.07 Å². The number of hydrogen-bond donors (Lipinski definition) is 2. The highest BCUT2D eigenvalue weighted by Crippen LogP contribution is 2.32. The number of anilines is 1. The largest absolute Gasteiger partial charge is 0.419 e. The summed E-state index contributed by atoms with van der Waals surface area (Å²) in [5.74, 6) is -1.77. The third kappa shape index (κ3) is 5.71. The molecule has 0 heterocycles. The quantitative estimate of drug-likeness (QED) is 0.803. The zero-order chi connectivity index (χ0) is 18.5. The van der Waals surface area contributed by atoms with Crippen LogP contribution in [0.15, 0.2) is 18.2 Å². The third-order valence-electron chi connectivity index (χ3n) is 3.14. The van der Waals surface area contributed by atoms with E-state index in [1.165, 1.54) is 11.9 Å². The maximum absolute atomic E-state index is 13.2. The normalized spacial score (nSPS) is 11.3. The van der Waals surface area contributed by atoms with Crippen molar-refractivity contribution < 1.29 is 27.2 Å². The van der Waals surface area contributed by atoms with Gasteiger partial charge in [0.1, 0.15) is 5.82 Å². The topological polar surface area (TPSA) is 61.4 Å². The summed E-state index contributed by atoms with van der Waals surface area (Å²) in [5, 5.41) is 4.86. The summed E-state index contributed by atoms with van der Waals surface area (Å²) in [6.45, 7) is 3.81. The van der Waals surface area contributed by atoms with E-state index in [0.29, 0.717) is 12.1 Å². The number of carbonyl (C=O) groups is 2. The van der Waals surface area contributed by atoms with Crippen molar-refractivity contribution in [3.8, 4) is 0 Å². The Bertz CT molecular complexity index is 603. The number of benzene rings is 1. The first-order valence-electron chi connectivity index (χ1n) is 7.19. The summed E-state index contributed by atoms with van der Waals surface area (Å²) in [6.07, 6.45) is -4.85. The second kappa shape index (κ2) is 7.98. The lowest BCUT2D eigenvalue weighted by atomic mass is 10.2. The number of likely N-dealkylation sites (N-methyl/N-ethyl adjacent to an activating group) is 1. The van der Waals surface area contributed by atoms with Gasteiger partial charge in [0.25, 0.3) is 0 Å². The summed E-state index contributed by atoms with van der Waals surface area (Å²) in [6, 6.07) is 1.54. The molecular formula is C15H19F4N3O2. The van der Waals surface area contributed by atoms with Crippen molar-refractivity contribution in [2.45, 2.75) is 20.0 Å². The SMILES string of the molecule is CC(C)C(=O)NCCN(C)C(=O)Nc1ccc(F)c(C(F)(F)F)c1. The third-order valence-corrected chi connectivity index (χ3v) is 3.14. The van der Waals surface area contributed by atoms with Crippen LogP contribution in [0.5, 0.6) is 0 Å². The number of carbonyl (C=O) groups excluding carboxylic acids is 2. The smallest absolute Gasteiger partial charge is 0.354 e. The molecule has 0 radical (unpaired) electrons. The van der Waals surface area contributed by atoms with E-state index < -0.39 is 23.6 Å². The van der Waals surface area contributed by atoms with E-state index in [1.54, 1.807) is 13.8 Å². The number of rotatable bonds is 5. The number of nitrogens with zero attached hydrogens (tertiary/aromatic N) is 1. The van der Waals surface area contributed by atoms with Crippen LogP contribution in [0, 0.1) is 11.7 Å². The number of hydrogen-bond acceptors (Lipinski definition) is 2. The van der Waals surface area contributed by atoms with Gasteiger partial charge in [-0.25, -0.2) is 9.18 Å². The molecule has 2 N–H and O–H groups in total. The summed E-state index contributed by atoms with van der Waals surface area (Å²) < 4.78 is 51.1. The molecule has 0 fully saturated rings. The van der Waals surface area contributed by atoms with Crippen LogP contribution in [0.2, 0.25) is 0 Å². The molecule has 134 valence electrons. The first kappa shape index (κ1) is 19.7. The number of urea groups is 1. The number of alkyl halides is 3. The van der Waals surface area contributed by atoms with Gasteiger partial charge in [-0.05, 0) is 18.2 Å². The summed E-state index contributed by atoms with van der Waals surface area (Å²) >= 11 is 0. The molecule has 0 atom stereocenters. The van der Waals surface area contributed by atoms with E-state index in [-0.39, 0.29) is 30.6 Å². The van der Waals surface area contributed by atoms with Gasteiger partial charge in [0.15, 0.2) is 0 Å². The Morgan fingerprint density at radius 2 is 1.88 bits per heavy atom. The van der Waals surface area contributed by atoms with E-state index >= 15 is 0 Å². The van der Waals surface area contributed by atoms with Gasteiger partial charge in [0, 0.05) is 31.7 Å². The molecule has 1 rings (SSSR count). The Hall–Kier alpha value is -2.32. The van der Waals surface area contributed by atoms with Crippen molar-refractivity contribution in [1.29, 1.82) is 0 Å². The highest BCUT2D eigenvalue weighted by molar-refractivity contribution is 5.89. The van der Waals surface area contributed by atoms with Crippen molar-refractivity contribution in [2.75, 3.05) is 25.5 Å². The molecule has 5 nitrogen and oxygen atoms in total. The molecule has 0 unspecified atom stereocenters. The van der Waals surface area contributed by atoms with Gasteiger partial charge in [0.2, 0.25) is 5.91 Å². The zero-order valence-electron chi connectivity index (χ0n) is 13.5. The fourth-order valence-corrected chi connectivity index (χ4v) is 1.69. The summed E-state index contributed by atoms with van der Waals surface area (Å²) in [4.78, 5) is 24.5. The van der Waals surface area contributed by atoms with Crippen LogP contribution in [0.4, 0.5) is 28.0 Å². The van der Waals surface area contributed by atoms with Crippen molar-refractivity contribution in [3.05, 3.63) is 29.6 Å². The van der Waals surface area contributed by atoms with Crippen molar-refractivity contribution in [2.24, 2.45) is 5.92 Å². The fraction of sp³-hybridized carbons (Fsp3) is 0.467. The van der Waals surface area contributed by atoms with E-state index in [4.69, 9.17) is 0 Å². The molecule has 0 aliphatic heterocycles. The molecule has 1 aromatic rings. The van der Waals surface area contributed by atoms with Gasteiger partial charge in [-0.2, -0.15) is 13.2 Å². The monoisotopic (exact) mass is 349 g/mol. The molecule has 0 saturated carbocycles. The predicted octanol–water partition coefficient (Wildman–Crippen LogP) is 3.08. The van der Waals surface area contributed by atoms with E-state index in [1.807, 2.05) is 0 Å². The van der Waals surface area contributed by atoms with Gasteiger partial charge in [0.05, 0.1) is 5.56 Å². The zero-order valence-corrected chi connectivity index (χ0v) is 13.5. The average Bonchev–Trinajstić information content (AvgIpc) is 2.47. The first-order valence-corrected chi connectivity index (χ1v) is 7.19. The number of nitrogens with one attached hydrogen (secondary N) is 2. The molecule has 0 aliphatic rings. The molecule has 24 heavy (non-hydrogen) atoms. The Balaban J connectivity index is 2.63. The molecule has 1 aromatic carbocycles. The maximum atomic E-state index is 13.2. The minimum atomic E-state index is -4.85. The van der Waals surface area contributed by atoms with Crippen molar-refractivity contribution >= 4 is 17.6 Å². The molecule has 0 bridgehead atoms. The van der Waals surface area contributed by atoms with Crippen LogP contribution in [-0.2, 0) is 11.0 Å². The molecule has 0 saturated heterocycles. The Kier molecular flexibility index (Phi) is 6.56. The van der Waals surface area contributed by atoms with E-state index in [2.05, 4.69) is 10.6 Å². The molecule has 3 amide bonds. The van der Waals surface area contributed by atoms with Crippen LogP contribution in [0.3, 0.4) is 0 Å². The predicted molar refractivity (Wildman–Crippen MR) is 80.9 cm³/mol. The Labute approximate surface area is 137 Å². The molecule has 9 heteroatoms. The highest BCUT2D eigenvalue weighted by Gasteiger charge is 2.34. The Morgan fingerprint density at radius 1 is 1.25 bits per heavy atom. The van der Waals surface area contributed by atoms with Gasteiger partial charge < -0.3 is 15.5 Å². The van der Waals surface area contributed by atoms with Crippen LogP contribution in [-0.4, -0.2) is 37.0 Å². The molecule has 0 aliphatic carbocycles. The van der Waals surface area contributed by atoms with Crippen LogP contribution < -0.4 is 10.6 Å². The number of halogens is 4. The summed E-state index contributed by atoms with van der Waals surface area (Å²) in [5.41, 5.74) is -1.63. The highest BCUT2D eigenvalue weighted by atomic mass is 19.4.